The van der Waals surface area contributed by atoms with E-state index in [4.69, 9.17) is 0 Å². The van der Waals surface area contributed by atoms with Gasteiger partial charge in [-0.2, -0.15) is 0 Å². The number of H-pyrrole nitrogens is 1. The van der Waals surface area contributed by atoms with Crippen molar-refractivity contribution in [2.45, 2.75) is 19.9 Å². The summed E-state index contributed by atoms with van der Waals surface area (Å²) in [5, 5.41) is 8.39. The number of rotatable bonds is 7. The SMILES string of the molecule is CCNCCCNCc1csc(=O)[nH]1. The second kappa shape index (κ2) is 6.75. The van der Waals surface area contributed by atoms with Gasteiger partial charge in [-0.1, -0.05) is 18.3 Å². The molecule has 5 heteroatoms. The zero-order valence-electron chi connectivity index (χ0n) is 8.43. The van der Waals surface area contributed by atoms with E-state index in [1.807, 2.05) is 5.38 Å². The molecular weight excluding hydrogens is 198 g/mol. The molecule has 1 heterocycles. The van der Waals surface area contributed by atoms with Crippen molar-refractivity contribution in [2.24, 2.45) is 0 Å². The minimum Gasteiger partial charge on any atom is -0.317 e. The first-order valence-electron chi connectivity index (χ1n) is 4.91. The lowest BCUT2D eigenvalue weighted by atomic mass is 10.4. The molecule has 0 fully saturated rings. The van der Waals surface area contributed by atoms with Gasteiger partial charge in [-0.25, -0.2) is 0 Å². The van der Waals surface area contributed by atoms with Crippen molar-refractivity contribution in [3.05, 3.63) is 20.7 Å². The van der Waals surface area contributed by atoms with Gasteiger partial charge in [0.15, 0.2) is 0 Å². The summed E-state index contributed by atoms with van der Waals surface area (Å²) in [6, 6.07) is 0. The molecule has 0 aliphatic rings. The van der Waals surface area contributed by atoms with Crippen LogP contribution in [0.4, 0.5) is 0 Å². The topological polar surface area (TPSA) is 56.9 Å². The Labute approximate surface area is 87.7 Å². The maximum atomic E-state index is 10.8. The smallest absolute Gasteiger partial charge is 0.304 e. The van der Waals surface area contributed by atoms with Crippen molar-refractivity contribution in [3.8, 4) is 0 Å². The summed E-state index contributed by atoms with van der Waals surface area (Å²) in [5.74, 6) is 0. The lowest BCUT2D eigenvalue weighted by molar-refractivity contribution is 0.602. The second-order valence-corrected chi connectivity index (χ2v) is 3.90. The lowest BCUT2D eigenvalue weighted by Crippen LogP contribution is -2.21. The number of aromatic amines is 1. The highest BCUT2D eigenvalue weighted by Gasteiger charge is 1.94. The summed E-state index contributed by atoms with van der Waals surface area (Å²) in [7, 11) is 0. The summed E-state index contributed by atoms with van der Waals surface area (Å²) in [6.45, 7) is 5.90. The van der Waals surface area contributed by atoms with Gasteiger partial charge in [0.2, 0.25) is 0 Å². The molecule has 0 atom stereocenters. The molecule has 0 aliphatic carbocycles. The van der Waals surface area contributed by atoms with Crippen molar-refractivity contribution in [2.75, 3.05) is 19.6 Å². The van der Waals surface area contributed by atoms with Gasteiger partial charge in [0.05, 0.1) is 0 Å². The van der Waals surface area contributed by atoms with Crippen LogP contribution in [0.15, 0.2) is 10.2 Å². The monoisotopic (exact) mass is 215 g/mol. The van der Waals surface area contributed by atoms with E-state index >= 15 is 0 Å². The van der Waals surface area contributed by atoms with Crippen molar-refractivity contribution in [1.29, 1.82) is 0 Å². The minimum atomic E-state index is 0.0226. The highest BCUT2D eigenvalue weighted by atomic mass is 32.1. The van der Waals surface area contributed by atoms with E-state index in [0.29, 0.717) is 0 Å². The van der Waals surface area contributed by atoms with Crippen LogP contribution in [0.3, 0.4) is 0 Å². The summed E-state index contributed by atoms with van der Waals surface area (Å²) in [5.41, 5.74) is 0.975. The third-order valence-corrected chi connectivity index (χ3v) is 2.56. The van der Waals surface area contributed by atoms with E-state index in [-0.39, 0.29) is 4.87 Å². The third-order valence-electron chi connectivity index (χ3n) is 1.84. The van der Waals surface area contributed by atoms with Crippen LogP contribution in [-0.2, 0) is 6.54 Å². The van der Waals surface area contributed by atoms with Gasteiger partial charge in [0.25, 0.3) is 0 Å². The highest BCUT2D eigenvalue weighted by Crippen LogP contribution is 1.93. The van der Waals surface area contributed by atoms with Crippen LogP contribution in [-0.4, -0.2) is 24.6 Å². The van der Waals surface area contributed by atoms with Gasteiger partial charge in [-0.3, -0.25) is 4.79 Å². The van der Waals surface area contributed by atoms with E-state index in [0.717, 1.165) is 38.3 Å². The molecule has 1 aromatic rings. The zero-order valence-corrected chi connectivity index (χ0v) is 9.25. The molecule has 0 spiro atoms. The Balaban J connectivity index is 2.02. The minimum absolute atomic E-state index is 0.0226. The summed E-state index contributed by atoms with van der Waals surface area (Å²) in [6.07, 6.45) is 1.11. The Morgan fingerprint density at radius 3 is 2.86 bits per heavy atom. The number of hydrogen-bond acceptors (Lipinski definition) is 4. The predicted octanol–water partition coefficient (Wildman–Crippen LogP) is 0.526. The fraction of sp³-hybridized carbons (Fsp3) is 0.667. The second-order valence-electron chi connectivity index (χ2n) is 3.06. The van der Waals surface area contributed by atoms with Gasteiger partial charge in [0, 0.05) is 17.6 Å². The molecule has 3 N–H and O–H groups in total. The van der Waals surface area contributed by atoms with E-state index in [2.05, 4.69) is 22.5 Å². The number of nitrogens with one attached hydrogen (secondary N) is 3. The molecule has 0 radical (unpaired) electrons. The fourth-order valence-electron chi connectivity index (χ4n) is 1.14. The van der Waals surface area contributed by atoms with Gasteiger partial charge in [-0.15, -0.1) is 0 Å². The molecule has 14 heavy (non-hydrogen) atoms. The zero-order chi connectivity index (χ0) is 10.2. The molecule has 80 valence electrons. The molecule has 0 aromatic carbocycles. The van der Waals surface area contributed by atoms with Gasteiger partial charge >= 0.3 is 4.87 Å². The Morgan fingerprint density at radius 2 is 2.21 bits per heavy atom. The van der Waals surface area contributed by atoms with Crippen LogP contribution < -0.4 is 15.5 Å². The van der Waals surface area contributed by atoms with E-state index in [9.17, 15) is 4.79 Å². The van der Waals surface area contributed by atoms with E-state index < -0.39 is 0 Å². The van der Waals surface area contributed by atoms with Crippen LogP contribution in [0.5, 0.6) is 0 Å². The third kappa shape index (κ3) is 4.55. The first-order valence-corrected chi connectivity index (χ1v) is 5.79. The van der Waals surface area contributed by atoms with Crippen LogP contribution >= 0.6 is 11.3 Å². The Kier molecular flexibility index (Phi) is 5.51. The van der Waals surface area contributed by atoms with Crippen LogP contribution in [0.2, 0.25) is 0 Å². The lowest BCUT2D eigenvalue weighted by Gasteiger charge is -2.03. The van der Waals surface area contributed by atoms with Crippen molar-refractivity contribution < 1.29 is 0 Å². The van der Waals surface area contributed by atoms with Gasteiger partial charge in [0.1, 0.15) is 0 Å². The molecule has 0 aliphatic heterocycles. The standard InChI is InChI=1S/C9H17N3OS/c1-2-10-4-3-5-11-6-8-7-14-9(13)12-8/h7,10-11H,2-6H2,1H3,(H,12,13). The maximum absolute atomic E-state index is 10.8. The fourth-order valence-corrected chi connectivity index (χ4v) is 1.72. The largest absolute Gasteiger partial charge is 0.317 e. The average molecular weight is 215 g/mol. The molecule has 0 unspecified atom stereocenters. The molecule has 0 saturated heterocycles. The molecular formula is C9H17N3OS. The molecule has 4 nitrogen and oxygen atoms in total. The molecule has 0 saturated carbocycles. The molecule has 1 aromatic heterocycles. The average Bonchev–Trinajstić information content (AvgIpc) is 2.58. The van der Waals surface area contributed by atoms with Gasteiger partial charge in [-0.05, 0) is 26.1 Å². The van der Waals surface area contributed by atoms with Crippen LogP contribution in [0, 0.1) is 0 Å². The summed E-state index contributed by atoms with van der Waals surface area (Å²) >= 11 is 1.21. The number of thiazole rings is 1. The Bertz CT molecular complexity index is 294. The first-order chi connectivity index (χ1) is 6.83. The first kappa shape index (κ1) is 11.4. The maximum Gasteiger partial charge on any atom is 0.304 e. The van der Waals surface area contributed by atoms with E-state index in [1.165, 1.54) is 11.3 Å². The molecule has 0 bridgehead atoms. The van der Waals surface area contributed by atoms with Gasteiger partial charge < -0.3 is 15.6 Å². The number of hydrogen-bond donors (Lipinski definition) is 3. The predicted molar refractivity (Wildman–Crippen MR) is 59.8 cm³/mol. The summed E-state index contributed by atoms with van der Waals surface area (Å²) in [4.78, 5) is 13.6. The molecule has 0 amide bonds. The molecule has 1 rings (SSSR count). The van der Waals surface area contributed by atoms with Crippen molar-refractivity contribution in [1.82, 2.24) is 15.6 Å². The highest BCUT2D eigenvalue weighted by molar-refractivity contribution is 7.07. The Morgan fingerprint density at radius 1 is 1.43 bits per heavy atom. The normalized spacial score (nSPS) is 10.6. The summed E-state index contributed by atoms with van der Waals surface area (Å²) < 4.78 is 0. The van der Waals surface area contributed by atoms with Crippen LogP contribution in [0.1, 0.15) is 19.0 Å². The number of aromatic nitrogens is 1. The van der Waals surface area contributed by atoms with Crippen molar-refractivity contribution in [3.63, 3.8) is 0 Å². The quantitative estimate of drug-likeness (QED) is 0.581. The van der Waals surface area contributed by atoms with E-state index in [1.54, 1.807) is 0 Å². The van der Waals surface area contributed by atoms with Crippen molar-refractivity contribution >= 4 is 11.3 Å². The Hall–Kier alpha value is -0.650. The van der Waals surface area contributed by atoms with Crippen LogP contribution in [0.25, 0.3) is 0 Å².